The SMILES string of the molecule is O=Nc1c(O)n(Cc2ccc([N+](=O)[O-])cc2)c2ccccc12. The molecule has 1 heterocycles. The summed E-state index contributed by atoms with van der Waals surface area (Å²) in [7, 11) is 0. The second kappa shape index (κ2) is 5.28. The molecule has 1 N–H and O–H groups in total. The van der Waals surface area contributed by atoms with Crippen molar-refractivity contribution in [2.45, 2.75) is 6.54 Å². The Bertz CT molecular complexity index is 868. The number of hydrogen-bond acceptors (Lipinski definition) is 5. The molecule has 0 bridgehead atoms. The lowest BCUT2D eigenvalue weighted by molar-refractivity contribution is -0.384. The van der Waals surface area contributed by atoms with Gasteiger partial charge in [0.2, 0.25) is 5.88 Å². The van der Waals surface area contributed by atoms with E-state index in [0.29, 0.717) is 10.9 Å². The van der Waals surface area contributed by atoms with E-state index >= 15 is 0 Å². The second-order valence-electron chi connectivity index (χ2n) is 4.79. The molecule has 0 saturated carbocycles. The van der Waals surface area contributed by atoms with Crippen molar-refractivity contribution in [2.24, 2.45) is 5.18 Å². The number of nitro benzene ring substituents is 1. The number of fused-ring (bicyclic) bond motifs is 1. The third-order valence-electron chi connectivity index (χ3n) is 3.50. The van der Waals surface area contributed by atoms with Crippen LogP contribution in [0, 0.1) is 15.0 Å². The molecule has 2 aromatic carbocycles. The zero-order valence-electron chi connectivity index (χ0n) is 11.3. The molecule has 7 heteroatoms. The van der Waals surface area contributed by atoms with Gasteiger partial charge in [-0.1, -0.05) is 30.3 Å². The molecule has 22 heavy (non-hydrogen) atoms. The molecule has 0 aliphatic heterocycles. The van der Waals surface area contributed by atoms with Gasteiger partial charge in [0, 0.05) is 17.5 Å². The first-order valence-corrected chi connectivity index (χ1v) is 6.48. The largest absolute Gasteiger partial charge is 0.493 e. The summed E-state index contributed by atoms with van der Waals surface area (Å²) in [5.41, 5.74) is 1.44. The normalized spacial score (nSPS) is 10.7. The lowest BCUT2D eigenvalue weighted by Crippen LogP contribution is -1.99. The highest BCUT2D eigenvalue weighted by atomic mass is 16.6. The fourth-order valence-electron chi connectivity index (χ4n) is 2.43. The number of nitroso groups, excluding NO2 is 1. The standard InChI is InChI=1S/C15H11N3O4/c19-15-14(16-20)12-3-1-2-4-13(12)17(15)9-10-5-7-11(8-6-10)18(21)22/h1-8,19H,9H2. The van der Waals surface area contributed by atoms with Crippen LogP contribution in [-0.4, -0.2) is 14.6 Å². The average Bonchev–Trinajstić information content (AvgIpc) is 2.80. The van der Waals surface area contributed by atoms with Gasteiger partial charge in [-0.3, -0.25) is 10.1 Å². The molecule has 1 aromatic heterocycles. The fourth-order valence-corrected chi connectivity index (χ4v) is 2.43. The molecule has 0 fully saturated rings. The molecule has 0 atom stereocenters. The van der Waals surface area contributed by atoms with Crippen LogP contribution in [0.3, 0.4) is 0 Å². The van der Waals surface area contributed by atoms with E-state index in [9.17, 15) is 20.1 Å². The summed E-state index contributed by atoms with van der Waals surface area (Å²) in [6.45, 7) is 0.278. The van der Waals surface area contributed by atoms with Gasteiger partial charge in [-0.15, -0.1) is 4.91 Å². The van der Waals surface area contributed by atoms with Crippen LogP contribution < -0.4 is 0 Å². The van der Waals surface area contributed by atoms with Crippen molar-refractivity contribution in [2.75, 3.05) is 0 Å². The molecular weight excluding hydrogens is 286 g/mol. The van der Waals surface area contributed by atoms with Crippen LogP contribution in [-0.2, 0) is 6.54 Å². The van der Waals surface area contributed by atoms with Gasteiger partial charge in [-0.05, 0) is 16.8 Å². The van der Waals surface area contributed by atoms with E-state index in [1.807, 2.05) is 0 Å². The van der Waals surface area contributed by atoms with Crippen molar-refractivity contribution < 1.29 is 10.0 Å². The third-order valence-corrected chi connectivity index (χ3v) is 3.50. The summed E-state index contributed by atoms with van der Waals surface area (Å²) in [5, 5.41) is 24.3. The third kappa shape index (κ3) is 2.18. The Morgan fingerprint density at radius 3 is 2.45 bits per heavy atom. The van der Waals surface area contributed by atoms with E-state index < -0.39 is 4.92 Å². The van der Waals surface area contributed by atoms with Gasteiger partial charge >= 0.3 is 0 Å². The summed E-state index contributed by atoms with van der Waals surface area (Å²) in [4.78, 5) is 21.1. The monoisotopic (exact) mass is 297 g/mol. The predicted molar refractivity (Wildman–Crippen MR) is 81.3 cm³/mol. The molecule has 0 aliphatic carbocycles. The summed E-state index contributed by atoms with van der Waals surface area (Å²) >= 11 is 0. The van der Waals surface area contributed by atoms with Gasteiger partial charge in [0.15, 0.2) is 5.69 Å². The fraction of sp³-hybridized carbons (Fsp3) is 0.0667. The number of aromatic hydroxyl groups is 1. The van der Waals surface area contributed by atoms with Crippen LogP contribution in [0.1, 0.15) is 5.56 Å². The molecule has 0 amide bonds. The van der Waals surface area contributed by atoms with Gasteiger partial charge in [-0.25, -0.2) is 0 Å². The highest BCUT2D eigenvalue weighted by molar-refractivity contribution is 5.95. The zero-order chi connectivity index (χ0) is 15.7. The predicted octanol–water partition coefficient (Wildman–Crippen LogP) is 3.70. The van der Waals surface area contributed by atoms with Crippen LogP contribution in [0.15, 0.2) is 53.7 Å². The lowest BCUT2D eigenvalue weighted by atomic mass is 10.2. The van der Waals surface area contributed by atoms with Gasteiger partial charge in [-0.2, -0.15) is 0 Å². The number of nitrogens with zero attached hydrogens (tertiary/aromatic N) is 3. The second-order valence-corrected chi connectivity index (χ2v) is 4.79. The van der Waals surface area contributed by atoms with E-state index in [2.05, 4.69) is 5.18 Å². The Balaban J connectivity index is 2.05. The Hall–Kier alpha value is -3.22. The van der Waals surface area contributed by atoms with Crippen molar-refractivity contribution in [3.8, 4) is 5.88 Å². The zero-order valence-corrected chi connectivity index (χ0v) is 11.3. The smallest absolute Gasteiger partial charge is 0.269 e. The van der Waals surface area contributed by atoms with Gasteiger partial charge in [0.25, 0.3) is 5.69 Å². The molecule has 7 nitrogen and oxygen atoms in total. The number of para-hydroxylation sites is 1. The molecule has 0 aliphatic rings. The first-order valence-electron chi connectivity index (χ1n) is 6.48. The Morgan fingerprint density at radius 2 is 1.82 bits per heavy atom. The first-order chi connectivity index (χ1) is 10.6. The molecule has 0 spiro atoms. The maximum atomic E-state index is 10.9. The lowest BCUT2D eigenvalue weighted by Gasteiger charge is -2.07. The molecule has 3 aromatic rings. The van der Waals surface area contributed by atoms with Gasteiger partial charge in [0.1, 0.15) is 0 Å². The number of aromatic nitrogens is 1. The molecule has 3 rings (SSSR count). The highest BCUT2D eigenvalue weighted by Gasteiger charge is 2.17. The Labute approximate surface area is 124 Å². The minimum atomic E-state index is -0.472. The van der Waals surface area contributed by atoms with Crippen molar-refractivity contribution >= 4 is 22.3 Å². The maximum Gasteiger partial charge on any atom is 0.269 e. The Morgan fingerprint density at radius 1 is 1.14 bits per heavy atom. The molecular formula is C15H11N3O4. The van der Waals surface area contributed by atoms with Crippen LogP contribution in [0.25, 0.3) is 10.9 Å². The number of nitro groups is 1. The van der Waals surface area contributed by atoms with E-state index in [1.165, 1.54) is 12.1 Å². The molecule has 110 valence electrons. The van der Waals surface area contributed by atoms with Crippen LogP contribution >= 0.6 is 0 Å². The highest BCUT2D eigenvalue weighted by Crippen LogP contribution is 2.38. The quantitative estimate of drug-likeness (QED) is 0.451. The van der Waals surface area contributed by atoms with Crippen molar-refractivity contribution in [3.05, 3.63) is 69.1 Å². The topological polar surface area (TPSA) is 97.7 Å². The number of non-ortho nitro benzene ring substituents is 1. The van der Waals surface area contributed by atoms with Gasteiger partial charge < -0.3 is 9.67 Å². The van der Waals surface area contributed by atoms with Crippen LogP contribution in [0.5, 0.6) is 5.88 Å². The molecule has 0 saturated heterocycles. The van der Waals surface area contributed by atoms with E-state index in [1.54, 1.807) is 41.0 Å². The summed E-state index contributed by atoms with van der Waals surface area (Å²) < 4.78 is 1.55. The molecule has 0 radical (unpaired) electrons. The number of rotatable bonds is 4. The first kappa shape index (κ1) is 13.7. The number of benzene rings is 2. The van der Waals surface area contributed by atoms with Gasteiger partial charge in [0.05, 0.1) is 17.0 Å². The van der Waals surface area contributed by atoms with Crippen molar-refractivity contribution in [1.29, 1.82) is 0 Å². The summed E-state index contributed by atoms with van der Waals surface area (Å²) in [6.07, 6.45) is 0. The average molecular weight is 297 g/mol. The Kier molecular flexibility index (Phi) is 3.30. The van der Waals surface area contributed by atoms with Crippen molar-refractivity contribution in [1.82, 2.24) is 4.57 Å². The summed E-state index contributed by atoms with van der Waals surface area (Å²) in [5.74, 6) is -0.213. The van der Waals surface area contributed by atoms with Crippen LogP contribution in [0.4, 0.5) is 11.4 Å². The van der Waals surface area contributed by atoms with E-state index in [4.69, 9.17) is 0 Å². The summed E-state index contributed by atoms with van der Waals surface area (Å²) in [6, 6.07) is 13.1. The maximum absolute atomic E-state index is 10.9. The minimum Gasteiger partial charge on any atom is -0.493 e. The molecule has 0 unspecified atom stereocenters. The number of hydrogen-bond donors (Lipinski definition) is 1. The van der Waals surface area contributed by atoms with E-state index in [-0.39, 0.29) is 23.8 Å². The van der Waals surface area contributed by atoms with E-state index in [0.717, 1.165) is 5.56 Å². The minimum absolute atomic E-state index is 0.000540. The van der Waals surface area contributed by atoms with Crippen LogP contribution in [0.2, 0.25) is 0 Å². The van der Waals surface area contributed by atoms with Crippen molar-refractivity contribution in [3.63, 3.8) is 0 Å².